The van der Waals surface area contributed by atoms with Crippen molar-refractivity contribution < 1.29 is 9.90 Å². The lowest BCUT2D eigenvalue weighted by molar-refractivity contribution is 0.0696. The van der Waals surface area contributed by atoms with Gasteiger partial charge in [-0.15, -0.1) is 0 Å². The van der Waals surface area contributed by atoms with Crippen LogP contribution in [0.3, 0.4) is 0 Å². The molecule has 3 heteroatoms. The molecule has 1 N–H and O–H groups in total. The van der Waals surface area contributed by atoms with E-state index in [1.807, 2.05) is 0 Å². The summed E-state index contributed by atoms with van der Waals surface area (Å²) < 4.78 is 0. The second kappa shape index (κ2) is 2.96. The Bertz CT molecular complexity index is 294. The van der Waals surface area contributed by atoms with Gasteiger partial charge in [0.1, 0.15) is 0 Å². The van der Waals surface area contributed by atoms with Crippen LogP contribution in [0.25, 0.3) is 6.08 Å². The maximum absolute atomic E-state index is 10.4. The third-order valence-electron chi connectivity index (χ3n) is 1.24. The highest BCUT2D eigenvalue weighted by Crippen LogP contribution is 2.01. The monoisotopic (exact) mass is 149 g/mol. The van der Waals surface area contributed by atoms with Crippen molar-refractivity contribution in [3.63, 3.8) is 0 Å². The summed E-state index contributed by atoms with van der Waals surface area (Å²) in [5.74, 6) is -0.949. The van der Waals surface area contributed by atoms with Gasteiger partial charge in [0, 0.05) is 6.20 Å². The molecule has 0 aliphatic rings. The molecule has 11 heavy (non-hydrogen) atoms. The summed E-state index contributed by atoms with van der Waals surface area (Å²) in [6.45, 7) is 3.48. The van der Waals surface area contributed by atoms with Crippen molar-refractivity contribution in [3.05, 3.63) is 36.2 Å². The lowest BCUT2D eigenvalue weighted by Crippen LogP contribution is -1.96. The highest BCUT2D eigenvalue weighted by molar-refractivity contribution is 5.87. The number of carbonyl (C=O) groups is 1. The average molecular weight is 149 g/mol. The Balaban J connectivity index is 3.10. The Morgan fingerprint density at radius 2 is 2.45 bits per heavy atom. The van der Waals surface area contributed by atoms with Crippen LogP contribution < -0.4 is 0 Å². The summed E-state index contributed by atoms with van der Waals surface area (Å²) in [4.78, 5) is 14.3. The maximum atomic E-state index is 10.4. The second-order valence-electron chi connectivity index (χ2n) is 1.98. The minimum absolute atomic E-state index is 0.231. The molecule has 0 fully saturated rings. The first-order valence-electron chi connectivity index (χ1n) is 3.06. The van der Waals surface area contributed by atoms with Gasteiger partial charge in [-0.1, -0.05) is 6.58 Å². The zero-order chi connectivity index (χ0) is 8.27. The molecule has 1 aromatic heterocycles. The van der Waals surface area contributed by atoms with Gasteiger partial charge in [-0.05, 0) is 18.2 Å². The topological polar surface area (TPSA) is 50.2 Å². The molecule has 0 aliphatic heterocycles. The van der Waals surface area contributed by atoms with E-state index in [0.29, 0.717) is 5.69 Å². The van der Waals surface area contributed by atoms with Crippen molar-refractivity contribution in [3.8, 4) is 0 Å². The number of aromatic nitrogens is 1. The van der Waals surface area contributed by atoms with Gasteiger partial charge in [-0.25, -0.2) is 4.79 Å². The predicted molar refractivity (Wildman–Crippen MR) is 41.3 cm³/mol. The van der Waals surface area contributed by atoms with Gasteiger partial charge in [0.05, 0.1) is 11.3 Å². The largest absolute Gasteiger partial charge is 0.478 e. The number of rotatable bonds is 2. The van der Waals surface area contributed by atoms with E-state index in [0.717, 1.165) is 0 Å². The van der Waals surface area contributed by atoms with Gasteiger partial charge < -0.3 is 5.11 Å². The van der Waals surface area contributed by atoms with Gasteiger partial charge in [0.25, 0.3) is 0 Å². The molecule has 56 valence electrons. The van der Waals surface area contributed by atoms with Crippen LogP contribution in [0.5, 0.6) is 0 Å². The molecular formula is C8H7NO2. The van der Waals surface area contributed by atoms with Gasteiger partial charge in [-0.2, -0.15) is 0 Å². The molecule has 0 bridgehead atoms. The van der Waals surface area contributed by atoms with Gasteiger partial charge in [0.2, 0.25) is 0 Å². The fraction of sp³-hybridized carbons (Fsp3) is 0. The Labute approximate surface area is 64.0 Å². The van der Waals surface area contributed by atoms with Gasteiger partial charge in [-0.3, -0.25) is 4.98 Å². The molecular weight excluding hydrogens is 142 g/mol. The van der Waals surface area contributed by atoms with Crippen LogP contribution in [-0.2, 0) is 0 Å². The molecule has 3 nitrogen and oxygen atoms in total. The average Bonchev–Trinajstić information content (AvgIpc) is 2.05. The Morgan fingerprint density at radius 1 is 1.73 bits per heavy atom. The van der Waals surface area contributed by atoms with Gasteiger partial charge >= 0.3 is 5.97 Å². The van der Waals surface area contributed by atoms with E-state index < -0.39 is 5.97 Å². The molecule has 0 saturated heterocycles. The number of nitrogens with zero attached hydrogens (tertiary/aromatic N) is 1. The third-order valence-corrected chi connectivity index (χ3v) is 1.24. The van der Waals surface area contributed by atoms with Crippen LogP contribution in [0.2, 0.25) is 0 Å². The standard InChI is InChI=1S/C8H7NO2/c1-2-7-5-6(8(10)11)3-4-9-7/h2-5H,1H2,(H,10,11). The van der Waals surface area contributed by atoms with Crippen LogP contribution in [0, 0.1) is 0 Å². The highest BCUT2D eigenvalue weighted by atomic mass is 16.4. The Hall–Kier alpha value is -1.64. The van der Waals surface area contributed by atoms with Crippen LogP contribution >= 0.6 is 0 Å². The van der Waals surface area contributed by atoms with E-state index in [1.54, 1.807) is 0 Å². The predicted octanol–water partition coefficient (Wildman–Crippen LogP) is 1.42. The summed E-state index contributed by atoms with van der Waals surface area (Å²) in [7, 11) is 0. The first-order chi connectivity index (χ1) is 5.24. The number of pyridine rings is 1. The van der Waals surface area contributed by atoms with Crippen molar-refractivity contribution >= 4 is 12.0 Å². The van der Waals surface area contributed by atoms with Crippen LogP contribution in [0.4, 0.5) is 0 Å². The fourth-order valence-corrected chi connectivity index (χ4v) is 0.693. The fourth-order valence-electron chi connectivity index (χ4n) is 0.693. The molecule has 0 aromatic carbocycles. The number of aromatic carboxylic acids is 1. The Morgan fingerprint density at radius 3 is 3.00 bits per heavy atom. The number of carboxylic acids is 1. The van der Waals surface area contributed by atoms with E-state index >= 15 is 0 Å². The smallest absolute Gasteiger partial charge is 0.335 e. The molecule has 1 heterocycles. The van der Waals surface area contributed by atoms with E-state index in [2.05, 4.69) is 11.6 Å². The summed E-state index contributed by atoms with van der Waals surface area (Å²) in [5, 5.41) is 8.54. The van der Waals surface area contributed by atoms with Crippen molar-refractivity contribution in [1.82, 2.24) is 4.98 Å². The lowest BCUT2D eigenvalue weighted by Gasteiger charge is -1.93. The minimum atomic E-state index is -0.949. The van der Waals surface area contributed by atoms with E-state index in [-0.39, 0.29) is 5.56 Å². The summed E-state index contributed by atoms with van der Waals surface area (Å²) in [6.07, 6.45) is 2.95. The van der Waals surface area contributed by atoms with Crippen molar-refractivity contribution in [2.75, 3.05) is 0 Å². The molecule has 0 radical (unpaired) electrons. The zero-order valence-corrected chi connectivity index (χ0v) is 5.82. The second-order valence-corrected chi connectivity index (χ2v) is 1.98. The Kier molecular flexibility index (Phi) is 2.01. The quantitative estimate of drug-likeness (QED) is 0.691. The number of carboxylic acid groups (broad SMARTS) is 1. The van der Waals surface area contributed by atoms with Crippen LogP contribution in [0.15, 0.2) is 24.9 Å². The first-order valence-corrected chi connectivity index (χ1v) is 3.06. The third kappa shape index (κ3) is 1.64. The molecule has 0 amide bonds. The maximum Gasteiger partial charge on any atom is 0.335 e. The number of hydrogen-bond donors (Lipinski definition) is 1. The molecule has 0 spiro atoms. The zero-order valence-electron chi connectivity index (χ0n) is 5.82. The summed E-state index contributed by atoms with van der Waals surface area (Å²) >= 11 is 0. The van der Waals surface area contributed by atoms with E-state index in [1.165, 1.54) is 24.4 Å². The molecule has 0 aliphatic carbocycles. The number of hydrogen-bond acceptors (Lipinski definition) is 2. The summed E-state index contributed by atoms with van der Waals surface area (Å²) in [5.41, 5.74) is 0.805. The highest BCUT2D eigenvalue weighted by Gasteiger charge is 2.00. The first kappa shape index (κ1) is 7.47. The van der Waals surface area contributed by atoms with E-state index in [9.17, 15) is 4.79 Å². The summed E-state index contributed by atoms with van der Waals surface area (Å²) in [6, 6.07) is 2.91. The minimum Gasteiger partial charge on any atom is -0.478 e. The van der Waals surface area contributed by atoms with Crippen LogP contribution in [0.1, 0.15) is 16.1 Å². The molecule has 0 unspecified atom stereocenters. The SMILES string of the molecule is C=Cc1cc(C(=O)O)ccn1. The lowest BCUT2D eigenvalue weighted by atomic mass is 10.2. The van der Waals surface area contributed by atoms with Crippen molar-refractivity contribution in [2.24, 2.45) is 0 Å². The molecule has 0 saturated carbocycles. The van der Waals surface area contributed by atoms with Crippen LogP contribution in [-0.4, -0.2) is 16.1 Å². The van der Waals surface area contributed by atoms with Crippen molar-refractivity contribution in [2.45, 2.75) is 0 Å². The van der Waals surface area contributed by atoms with E-state index in [4.69, 9.17) is 5.11 Å². The van der Waals surface area contributed by atoms with Gasteiger partial charge in [0.15, 0.2) is 0 Å². The molecule has 0 atom stereocenters. The molecule has 1 rings (SSSR count). The molecule has 1 aromatic rings. The normalized spacial score (nSPS) is 9.09. The van der Waals surface area contributed by atoms with Crippen molar-refractivity contribution in [1.29, 1.82) is 0 Å².